The van der Waals surface area contributed by atoms with Gasteiger partial charge in [-0.15, -0.1) is 0 Å². The van der Waals surface area contributed by atoms with Gasteiger partial charge in [0.05, 0.1) is 22.8 Å². The number of anilines is 2. The lowest BCUT2D eigenvalue weighted by Crippen LogP contribution is -2.37. The zero-order chi connectivity index (χ0) is 18.0. The molecule has 0 unspecified atom stereocenters. The molecule has 25 heavy (non-hydrogen) atoms. The molecule has 5 nitrogen and oxygen atoms in total. The number of aryl methyl sites for hydroxylation is 1. The third-order valence-electron chi connectivity index (χ3n) is 4.16. The molecule has 1 aliphatic rings. The Bertz CT molecular complexity index is 912. The Morgan fingerprint density at radius 2 is 1.96 bits per heavy atom. The van der Waals surface area contributed by atoms with E-state index in [9.17, 15) is 17.6 Å². The third-order valence-corrected chi connectivity index (χ3v) is 5.31. The summed E-state index contributed by atoms with van der Waals surface area (Å²) in [5.74, 6) is -0.728. The van der Waals surface area contributed by atoms with Crippen molar-refractivity contribution in [3.05, 3.63) is 53.8 Å². The molecular weight excluding hydrogens is 343 g/mol. The van der Waals surface area contributed by atoms with E-state index in [2.05, 4.69) is 5.32 Å². The number of nitrogens with zero attached hydrogens (tertiary/aromatic N) is 1. The summed E-state index contributed by atoms with van der Waals surface area (Å²) < 4.78 is 37.8. The van der Waals surface area contributed by atoms with Crippen LogP contribution in [0.4, 0.5) is 15.8 Å². The molecule has 0 fully saturated rings. The summed E-state index contributed by atoms with van der Waals surface area (Å²) in [7, 11) is -3.46. The van der Waals surface area contributed by atoms with Gasteiger partial charge in [-0.3, -0.25) is 4.79 Å². The first-order chi connectivity index (χ1) is 11.9. The second-order valence-electron chi connectivity index (χ2n) is 6.09. The summed E-state index contributed by atoms with van der Waals surface area (Å²) in [5.41, 5.74) is 1.58. The van der Waals surface area contributed by atoms with E-state index in [0.29, 0.717) is 12.2 Å². The Labute approximate surface area is 146 Å². The molecule has 0 atom stereocenters. The second-order valence-corrected chi connectivity index (χ2v) is 8.07. The molecule has 1 heterocycles. The van der Waals surface area contributed by atoms with Gasteiger partial charge in [0.15, 0.2) is 9.84 Å². The van der Waals surface area contributed by atoms with Gasteiger partial charge < -0.3 is 10.2 Å². The molecule has 0 aromatic heterocycles. The Hall–Kier alpha value is -2.41. The summed E-state index contributed by atoms with van der Waals surface area (Å²) in [6.07, 6.45) is 2.71. The van der Waals surface area contributed by atoms with Gasteiger partial charge in [0.25, 0.3) is 0 Å². The number of amides is 1. The van der Waals surface area contributed by atoms with Crippen molar-refractivity contribution in [2.45, 2.75) is 17.7 Å². The van der Waals surface area contributed by atoms with Crippen molar-refractivity contribution in [1.82, 2.24) is 0 Å². The summed E-state index contributed by atoms with van der Waals surface area (Å²) in [6, 6.07) is 11.2. The molecule has 0 bridgehead atoms. The molecule has 0 spiro atoms. The van der Waals surface area contributed by atoms with E-state index in [-0.39, 0.29) is 28.9 Å². The topological polar surface area (TPSA) is 66.5 Å². The van der Waals surface area contributed by atoms with E-state index >= 15 is 0 Å². The largest absolute Gasteiger partial charge is 0.360 e. The Morgan fingerprint density at radius 1 is 1.20 bits per heavy atom. The van der Waals surface area contributed by atoms with Crippen LogP contribution in [-0.2, 0) is 21.1 Å². The van der Waals surface area contributed by atoms with Crippen molar-refractivity contribution in [3.8, 4) is 0 Å². The molecule has 0 saturated heterocycles. The third kappa shape index (κ3) is 3.82. The molecule has 0 saturated carbocycles. The van der Waals surface area contributed by atoms with E-state index in [1.165, 1.54) is 12.1 Å². The van der Waals surface area contributed by atoms with Crippen LogP contribution in [-0.4, -0.2) is 33.7 Å². The molecule has 7 heteroatoms. The Kier molecular flexibility index (Phi) is 4.76. The molecule has 0 radical (unpaired) electrons. The molecule has 3 rings (SSSR count). The number of hydrogen-bond acceptors (Lipinski definition) is 4. The number of rotatable bonds is 4. The number of nitrogens with one attached hydrogen (secondary N) is 1. The summed E-state index contributed by atoms with van der Waals surface area (Å²) in [4.78, 5) is 14.2. The maximum atomic E-state index is 14.2. The minimum Gasteiger partial charge on any atom is -0.360 e. The van der Waals surface area contributed by atoms with Crippen LogP contribution in [0.2, 0.25) is 0 Å². The number of sulfone groups is 1. The van der Waals surface area contributed by atoms with Gasteiger partial charge in [0, 0.05) is 12.8 Å². The van der Waals surface area contributed by atoms with Crippen molar-refractivity contribution in [2.75, 3.05) is 29.6 Å². The highest BCUT2D eigenvalue weighted by Crippen LogP contribution is 2.29. The Morgan fingerprint density at radius 3 is 2.72 bits per heavy atom. The first-order valence-electron chi connectivity index (χ1n) is 7.97. The number of hydrogen-bond donors (Lipinski definition) is 1. The predicted octanol–water partition coefficient (Wildman–Crippen LogP) is 2.62. The van der Waals surface area contributed by atoms with Crippen molar-refractivity contribution in [2.24, 2.45) is 0 Å². The number of carbonyl (C=O) groups is 1. The molecule has 1 N–H and O–H groups in total. The van der Waals surface area contributed by atoms with Gasteiger partial charge >= 0.3 is 0 Å². The minimum absolute atomic E-state index is 0.0357. The van der Waals surface area contributed by atoms with Crippen molar-refractivity contribution < 1.29 is 17.6 Å². The highest BCUT2D eigenvalue weighted by Gasteiger charge is 2.23. The van der Waals surface area contributed by atoms with E-state index in [1.807, 2.05) is 6.07 Å². The van der Waals surface area contributed by atoms with Crippen LogP contribution in [0, 0.1) is 5.82 Å². The number of halogens is 1. The van der Waals surface area contributed by atoms with Crippen LogP contribution in [0.25, 0.3) is 0 Å². The average Bonchev–Trinajstić information content (AvgIpc) is 2.54. The number of carbonyl (C=O) groups excluding carboxylic acids is 1. The Balaban J connectivity index is 1.80. The zero-order valence-corrected chi connectivity index (χ0v) is 14.6. The van der Waals surface area contributed by atoms with E-state index < -0.39 is 9.84 Å². The average molecular weight is 362 g/mol. The highest BCUT2D eigenvalue weighted by molar-refractivity contribution is 7.90. The fraction of sp³-hybridized carbons (Fsp3) is 0.278. The van der Waals surface area contributed by atoms with Gasteiger partial charge in [-0.1, -0.05) is 24.3 Å². The molecule has 2 aromatic carbocycles. The molecular formula is C18H19FN2O3S. The first-order valence-corrected chi connectivity index (χ1v) is 9.86. The SMILES string of the molecule is CS(=O)(=O)c1ccccc1NC(=O)CN1CCCc2cccc(F)c21. The van der Waals surface area contributed by atoms with Crippen molar-refractivity contribution in [1.29, 1.82) is 0 Å². The monoisotopic (exact) mass is 362 g/mol. The predicted molar refractivity (Wildman–Crippen MR) is 95.1 cm³/mol. The van der Waals surface area contributed by atoms with Crippen molar-refractivity contribution >= 4 is 27.1 Å². The fourth-order valence-corrected chi connectivity index (χ4v) is 3.95. The smallest absolute Gasteiger partial charge is 0.243 e. The maximum absolute atomic E-state index is 14.2. The van der Waals surface area contributed by atoms with Crippen LogP contribution in [0.5, 0.6) is 0 Å². The summed E-state index contributed by atoms with van der Waals surface area (Å²) in [6.45, 7) is 0.543. The highest BCUT2D eigenvalue weighted by atomic mass is 32.2. The fourth-order valence-electron chi connectivity index (χ4n) is 3.10. The van der Waals surface area contributed by atoms with E-state index in [0.717, 1.165) is 24.7 Å². The van der Waals surface area contributed by atoms with Gasteiger partial charge in [0.1, 0.15) is 5.82 Å². The quantitative estimate of drug-likeness (QED) is 0.908. The van der Waals surface area contributed by atoms with Crippen LogP contribution < -0.4 is 10.2 Å². The number of fused-ring (bicyclic) bond motifs is 1. The van der Waals surface area contributed by atoms with Crippen LogP contribution in [0.1, 0.15) is 12.0 Å². The summed E-state index contributed by atoms with van der Waals surface area (Å²) >= 11 is 0. The molecule has 1 aliphatic heterocycles. The summed E-state index contributed by atoms with van der Waals surface area (Å²) in [5, 5.41) is 2.63. The maximum Gasteiger partial charge on any atom is 0.243 e. The van der Waals surface area contributed by atoms with Crippen molar-refractivity contribution in [3.63, 3.8) is 0 Å². The molecule has 132 valence electrons. The lowest BCUT2D eigenvalue weighted by Gasteiger charge is -2.31. The van der Waals surface area contributed by atoms with Gasteiger partial charge in [0.2, 0.25) is 5.91 Å². The standard InChI is InChI=1S/C18H19FN2O3S/c1-25(23,24)16-10-3-2-9-15(16)20-17(22)12-21-11-5-7-13-6-4-8-14(19)18(13)21/h2-4,6,8-10H,5,7,11-12H2,1H3,(H,20,22). The number of para-hydroxylation sites is 2. The second kappa shape index (κ2) is 6.84. The van der Waals surface area contributed by atoms with Crippen LogP contribution >= 0.6 is 0 Å². The lowest BCUT2D eigenvalue weighted by molar-refractivity contribution is -0.115. The molecule has 1 amide bonds. The van der Waals surface area contributed by atoms with Gasteiger partial charge in [-0.2, -0.15) is 0 Å². The molecule has 0 aliphatic carbocycles. The van der Waals surface area contributed by atoms with E-state index in [4.69, 9.17) is 0 Å². The normalized spacial score (nSPS) is 14.1. The number of benzene rings is 2. The van der Waals surface area contributed by atoms with Gasteiger partial charge in [-0.25, -0.2) is 12.8 Å². The lowest BCUT2D eigenvalue weighted by atomic mass is 10.0. The molecule has 2 aromatic rings. The van der Waals surface area contributed by atoms with Gasteiger partial charge in [-0.05, 0) is 36.6 Å². The first kappa shape index (κ1) is 17.4. The van der Waals surface area contributed by atoms with Crippen LogP contribution in [0.3, 0.4) is 0 Å². The van der Waals surface area contributed by atoms with E-state index in [1.54, 1.807) is 29.2 Å². The van der Waals surface area contributed by atoms with Crippen LogP contribution in [0.15, 0.2) is 47.4 Å². The minimum atomic E-state index is -3.46. The zero-order valence-electron chi connectivity index (χ0n) is 13.8.